The Morgan fingerprint density at radius 2 is 1.76 bits per heavy atom. The lowest BCUT2D eigenvalue weighted by Gasteiger charge is -2.34. The normalized spacial score (nSPS) is 15.6. The van der Waals surface area contributed by atoms with E-state index in [1.54, 1.807) is 55.5 Å². The second kappa shape index (κ2) is 13.8. The van der Waals surface area contributed by atoms with Gasteiger partial charge in [-0.05, 0) is 80.4 Å². The molecule has 1 heterocycles. The number of amides is 1. The van der Waals surface area contributed by atoms with Crippen LogP contribution in [0.15, 0.2) is 114 Å². The zero-order valence-electron chi connectivity index (χ0n) is 22.7. The molecule has 0 saturated carbocycles. The fourth-order valence-electron chi connectivity index (χ4n) is 4.39. The van der Waals surface area contributed by atoms with Crippen LogP contribution in [-0.4, -0.2) is 18.1 Å². The van der Waals surface area contributed by atoms with E-state index >= 15 is 0 Å². The summed E-state index contributed by atoms with van der Waals surface area (Å²) in [5, 5.41) is 15.0. The molecule has 1 aliphatic rings. The zero-order valence-corrected chi connectivity index (χ0v) is 23.4. The van der Waals surface area contributed by atoms with Gasteiger partial charge in [0, 0.05) is 34.5 Å². The minimum absolute atomic E-state index is 0.272. The quantitative estimate of drug-likeness (QED) is 0.192. The monoisotopic (exact) mass is 592 g/mol. The van der Waals surface area contributed by atoms with Crippen LogP contribution in [0.5, 0.6) is 5.75 Å². The first kappa shape index (κ1) is 30.3. The van der Waals surface area contributed by atoms with Gasteiger partial charge in [0.2, 0.25) is 0 Å². The Labute approximate surface area is 247 Å². The van der Waals surface area contributed by atoms with E-state index in [0.717, 1.165) is 4.90 Å². The van der Waals surface area contributed by atoms with Gasteiger partial charge < -0.3 is 20.3 Å². The summed E-state index contributed by atoms with van der Waals surface area (Å²) < 4.78 is 49.7. The zero-order chi connectivity index (χ0) is 30.1. The maximum Gasteiger partial charge on any atom is 0.432 e. The topological polar surface area (TPSA) is 77.4 Å². The highest BCUT2D eigenvalue weighted by Crippen LogP contribution is 2.39. The van der Waals surface area contributed by atoms with E-state index < -0.39 is 29.4 Å². The molecular weight excluding hydrogens is 565 g/mol. The number of hydrogen-bond donors (Lipinski definition) is 2. The number of halogens is 4. The summed E-state index contributed by atoms with van der Waals surface area (Å²) in [4.78, 5) is 14.5. The van der Waals surface area contributed by atoms with Crippen LogP contribution in [-0.2, 0) is 4.79 Å². The highest BCUT2D eigenvalue weighted by Gasteiger charge is 2.44. The maximum atomic E-state index is 14.6. The van der Waals surface area contributed by atoms with Gasteiger partial charge in [0.15, 0.2) is 5.88 Å². The first-order valence-electron chi connectivity index (χ1n) is 13.2. The van der Waals surface area contributed by atoms with Gasteiger partial charge in [-0.2, -0.15) is 18.4 Å². The number of allylic oxidation sites excluding steroid dienone is 2. The number of anilines is 3. The lowest BCUT2D eigenvalue weighted by atomic mass is 10.1. The number of unbranched alkanes of at least 4 members (excludes halogenated alkanes) is 1. The van der Waals surface area contributed by atoms with Crippen LogP contribution in [0.4, 0.5) is 30.2 Å². The summed E-state index contributed by atoms with van der Waals surface area (Å²) in [5.74, 6) is 0.0271. The SMILES string of the molecule is CC1CC=CC(C(=O)Nc2cccc(N/C(=C/CCC#N)Oc3ccccc3)c2)=C(C(F)(F)F)N1c1ccc(Cl)cc1. The highest BCUT2D eigenvalue weighted by molar-refractivity contribution is 6.30. The van der Waals surface area contributed by atoms with Gasteiger partial charge in [0.05, 0.1) is 11.6 Å². The first-order valence-corrected chi connectivity index (χ1v) is 13.5. The molecule has 1 atom stereocenters. The van der Waals surface area contributed by atoms with Gasteiger partial charge in [0.1, 0.15) is 11.4 Å². The third kappa shape index (κ3) is 7.95. The summed E-state index contributed by atoms with van der Waals surface area (Å²) in [7, 11) is 0. The third-order valence-corrected chi connectivity index (χ3v) is 6.51. The van der Waals surface area contributed by atoms with Crippen molar-refractivity contribution in [3.63, 3.8) is 0 Å². The second-order valence-electron chi connectivity index (χ2n) is 9.43. The number of nitrogens with one attached hydrogen (secondary N) is 2. The average molecular weight is 593 g/mol. The summed E-state index contributed by atoms with van der Waals surface area (Å²) in [6, 6.07) is 23.1. The number of carbonyl (C=O) groups is 1. The number of alkyl halides is 3. The number of hydrogen-bond acceptors (Lipinski definition) is 5. The molecule has 1 amide bonds. The van der Waals surface area contributed by atoms with E-state index in [0.29, 0.717) is 35.2 Å². The minimum Gasteiger partial charge on any atom is -0.441 e. The number of nitriles is 1. The van der Waals surface area contributed by atoms with Gasteiger partial charge in [-0.25, -0.2) is 0 Å². The van der Waals surface area contributed by atoms with Crippen LogP contribution in [0.3, 0.4) is 0 Å². The van der Waals surface area contributed by atoms with E-state index in [1.165, 1.54) is 30.3 Å². The second-order valence-corrected chi connectivity index (χ2v) is 9.87. The number of para-hydroxylation sites is 1. The molecule has 0 bridgehead atoms. The van der Waals surface area contributed by atoms with Gasteiger partial charge in [-0.1, -0.05) is 48.0 Å². The van der Waals surface area contributed by atoms with Crippen molar-refractivity contribution in [3.8, 4) is 11.8 Å². The molecule has 4 rings (SSSR count). The molecule has 3 aromatic carbocycles. The fourth-order valence-corrected chi connectivity index (χ4v) is 4.52. The molecule has 1 unspecified atom stereocenters. The third-order valence-electron chi connectivity index (χ3n) is 6.26. The predicted molar refractivity (Wildman–Crippen MR) is 159 cm³/mol. The van der Waals surface area contributed by atoms with Crippen molar-refractivity contribution in [1.29, 1.82) is 5.26 Å². The largest absolute Gasteiger partial charge is 0.441 e. The molecule has 216 valence electrons. The van der Waals surface area contributed by atoms with Crippen molar-refractivity contribution in [2.75, 3.05) is 15.5 Å². The fraction of sp³-hybridized carbons (Fsp3) is 0.188. The lowest BCUT2D eigenvalue weighted by molar-refractivity contribution is -0.114. The molecule has 2 N–H and O–H groups in total. The van der Waals surface area contributed by atoms with Crippen LogP contribution < -0.4 is 20.3 Å². The standard InChI is InChI=1S/C32H28ClF3N4O2/c1-22-9-7-14-28(30(32(34,35)36)40(22)26-18-16-23(33)17-19-26)31(41)39-25-11-8-10-24(21-25)38-29(15-5-6-20-37)42-27-12-3-2-4-13-27/h2-4,7-8,10-19,21-22,38H,5-6,9H2,1H3,(H,39,41)/b29-15-. The van der Waals surface area contributed by atoms with Gasteiger partial charge >= 0.3 is 6.18 Å². The van der Waals surface area contributed by atoms with E-state index in [1.807, 2.05) is 18.2 Å². The summed E-state index contributed by atoms with van der Waals surface area (Å²) >= 11 is 5.97. The lowest BCUT2D eigenvalue weighted by Crippen LogP contribution is -2.39. The maximum absolute atomic E-state index is 14.6. The van der Waals surface area contributed by atoms with E-state index in [-0.39, 0.29) is 17.8 Å². The Morgan fingerprint density at radius 1 is 1.07 bits per heavy atom. The molecule has 0 aliphatic carbocycles. The van der Waals surface area contributed by atoms with Crippen molar-refractivity contribution in [3.05, 3.63) is 119 Å². The average Bonchev–Trinajstić information content (AvgIpc) is 3.13. The molecule has 0 radical (unpaired) electrons. The Kier molecular flexibility index (Phi) is 9.94. The molecule has 1 aliphatic heterocycles. The molecule has 42 heavy (non-hydrogen) atoms. The van der Waals surface area contributed by atoms with Gasteiger partial charge in [-0.15, -0.1) is 0 Å². The van der Waals surface area contributed by atoms with E-state index in [9.17, 15) is 18.0 Å². The molecule has 0 spiro atoms. The Hall–Kier alpha value is -4.68. The van der Waals surface area contributed by atoms with Crippen LogP contribution in [0, 0.1) is 11.3 Å². The number of rotatable bonds is 9. The Bertz CT molecular complexity index is 1530. The highest BCUT2D eigenvalue weighted by atomic mass is 35.5. The van der Waals surface area contributed by atoms with Crippen LogP contribution >= 0.6 is 11.6 Å². The van der Waals surface area contributed by atoms with Crippen molar-refractivity contribution in [2.24, 2.45) is 0 Å². The summed E-state index contributed by atoms with van der Waals surface area (Å²) in [6.45, 7) is 1.67. The Morgan fingerprint density at radius 3 is 2.43 bits per heavy atom. The van der Waals surface area contributed by atoms with Crippen molar-refractivity contribution in [1.82, 2.24) is 0 Å². The van der Waals surface area contributed by atoms with Gasteiger partial charge in [-0.3, -0.25) is 4.79 Å². The Balaban J connectivity index is 1.62. The molecule has 0 saturated heterocycles. The molecule has 10 heteroatoms. The van der Waals surface area contributed by atoms with Crippen LogP contribution in [0.25, 0.3) is 0 Å². The number of benzene rings is 3. The van der Waals surface area contributed by atoms with Gasteiger partial charge in [0.25, 0.3) is 5.91 Å². The summed E-state index contributed by atoms with van der Waals surface area (Å²) in [5.41, 5.74) is -0.501. The van der Waals surface area contributed by atoms with Crippen LogP contribution in [0.2, 0.25) is 5.02 Å². The van der Waals surface area contributed by atoms with Crippen molar-refractivity contribution >= 4 is 34.6 Å². The molecule has 3 aromatic rings. The molecule has 6 nitrogen and oxygen atoms in total. The van der Waals surface area contributed by atoms with E-state index in [4.69, 9.17) is 21.6 Å². The molecule has 0 fully saturated rings. The predicted octanol–water partition coefficient (Wildman–Crippen LogP) is 8.59. The van der Waals surface area contributed by atoms with Crippen LogP contribution in [0.1, 0.15) is 26.2 Å². The summed E-state index contributed by atoms with van der Waals surface area (Å²) in [6.07, 6.45) is 0.706. The minimum atomic E-state index is -4.82. The number of nitrogens with zero attached hydrogens (tertiary/aromatic N) is 2. The molecular formula is C32H28ClF3N4O2. The van der Waals surface area contributed by atoms with Crippen molar-refractivity contribution < 1.29 is 22.7 Å². The van der Waals surface area contributed by atoms with E-state index in [2.05, 4.69) is 16.7 Å². The molecule has 0 aromatic heterocycles. The number of ether oxygens (including phenoxy) is 1. The van der Waals surface area contributed by atoms with Crippen molar-refractivity contribution in [2.45, 2.75) is 38.4 Å². The first-order chi connectivity index (χ1) is 20.2. The number of carbonyl (C=O) groups excluding carboxylic acids is 1. The smallest absolute Gasteiger partial charge is 0.432 e.